The largest absolute Gasteiger partial charge is 0.508 e. The van der Waals surface area contributed by atoms with Gasteiger partial charge in [-0.05, 0) is 73.2 Å². The lowest BCUT2D eigenvalue weighted by molar-refractivity contribution is 0.0111. The highest BCUT2D eigenvalue weighted by Gasteiger charge is 2.71. The molecule has 2 N–H and O–H groups in total. The predicted octanol–water partition coefficient (Wildman–Crippen LogP) is 4.40. The van der Waals surface area contributed by atoms with E-state index in [0.717, 1.165) is 25.8 Å². The maximum absolute atomic E-state index is 12.8. The molecule has 0 spiro atoms. The first-order chi connectivity index (χ1) is 14.1. The molecule has 5 nitrogen and oxygen atoms in total. The normalized spacial score (nSPS) is 39.3. The molecule has 0 aromatic heterocycles. The van der Waals surface area contributed by atoms with Gasteiger partial charge in [0.2, 0.25) is 3.79 Å². The Morgan fingerprint density at radius 3 is 2.90 bits per heavy atom. The van der Waals surface area contributed by atoms with Crippen molar-refractivity contribution < 1.29 is 14.6 Å². The molecule has 2 saturated heterocycles. The van der Waals surface area contributed by atoms with Crippen molar-refractivity contribution in [3.8, 4) is 5.75 Å². The van der Waals surface area contributed by atoms with E-state index in [9.17, 15) is 9.90 Å². The van der Waals surface area contributed by atoms with Crippen LogP contribution in [0.5, 0.6) is 5.75 Å². The summed E-state index contributed by atoms with van der Waals surface area (Å²) in [6.07, 6.45) is 2.61. The van der Waals surface area contributed by atoms with Crippen LogP contribution >= 0.6 is 34.8 Å². The van der Waals surface area contributed by atoms with E-state index < -0.39 is 9.89 Å². The van der Waals surface area contributed by atoms with E-state index in [1.165, 1.54) is 11.1 Å². The second-order valence-electron chi connectivity index (χ2n) is 9.74. The molecule has 2 bridgehead atoms. The number of hydrogen-bond acceptors (Lipinski definition) is 4. The van der Waals surface area contributed by atoms with Gasteiger partial charge in [-0.1, -0.05) is 47.8 Å². The fourth-order valence-corrected chi connectivity index (χ4v) is 7.74. The van der Waals surface area contributed by atoms with Crippen molar-refractivity contribution >= 4 is 40.9 Å². The highest BCUT2D eigenvalue weighted by atomic mass is 35.6. The van der Waals surface area contributed by atoms with Gasteiger partial charge in [0.1, 0.15) is 12.4 Å². The molecule has 8 heteroatoms. The molecule has 6 atom stereocenters. The number of phenols is 1. The van der Waals surface area contributed by atoms with Crippen LogP contribution in [-0.2, 0) is 16.6 Å². The Balaban J connectivity index is 1.53. The summed E-state index contributed by atoms with van der Waals surface area (Å²) in [6.45, 7) is 5.87. The quantitative estimate of drug-likeness (QED) is 0.594. The summed E-state index contributed by atoms with van der Waals surface area (Å²) in [7, 11) is 0. The smallest absolute Gasteiger partial charge is 0.410 e. The molecular weight excluding hydrogens is 447 g/mol. The van der Waals surface area contributed by atoms with Gasteiger partial charge in [0.15, 0.2) is 0 Å². The molecule has 1 amide bonds. The number of alkyl halides is 3. The maximum atomic E-state index is 12.8. The predicted molar refractivity (Wildman–Crippen MR) is 117 cm³/mol. The monoisotopic (exact) mass is 472 g/mol. The summed E-state index contributed by atoms with van der Waals surface area (Å²) in [5.74, 6) is 0.991. The Morgan fingerprint density at radius 1 is 1.40 bits per heavy atom. The fourth-order valence-electron chi connectivity index (χ4n) is 7.57. The van der Waals surface area contributed by atoms with Gasteiger partial charge in [0.25, 0.3) is 0 Å². The molecule has 5 rings (SSSR count). The first-order valence-electron chi connectivity index (χ1n) is 10.6. The van der Waals surface area contributed by atoms with E-state index in [2.05, 4.69) is 25.2 Å². The molecular formula is C22H27Cl3N2O3. The van der Waals surface area contributed by atoms with Crippen molar-refractivity contribution in [1.29, 1.82) is 0 Å². The van der Waals surface area contributed by atoms with E-state index in [1.807, 2.05) is 11.0 Å². The van der Waals surface area contributed by atoms with Crippen molar-refractivity contribution in [3.63, 3.8) is 0 Å². The van der Waals surface area contributed by atoms with E-state index in [4.69, 9.17) is 39.5 Å². The lowest BCUT2D eigenvalue weighted by Crippen LogP contribution is -2.65. The van der Waals surface area contributed by atoms with Gasteiger partial charge >= 0.3 is 6.09 Å². The number of rotatable bonds is 1. The summed E-state index contributed by atoms with van der Waals surface area (Å²) < 4.78 is 3.70. The number of hydrogen-bond donors (Lipinski definition) is 2. The van der Waals surface area contributed by atoms with Crippen molar-refractivity contribution in [1.82, 2.24) is 10.2 Å². The molecule has 2 aliphatic carbocycles. The molecule has 1 aromatic rings. The highest BCUT2D eigenvalue weighted by molar-refractivity contribution is 6.67. The minimum absolute atomic E-state index is 0.00625. The van der Waals surface area contributed by atoms with Crippen LogP contribution in [0.15, 0.2) is 18.2 Å². The van der Waals surface area contributed by atoms with Gasteiger partial charge < -0.3 is 20.1 Å². The summed E-state index contributed by atoms with van der Waals surface area (Å²) in [6, 6.07) is 6.26. The Hall–Kier alpha value is -0.880. The Labute approximate surface area is 192 Å². The molecule has 3 fully saturated rings. The summed E-state index contributed by atoms with van der Waals surface area (Å²) in [5, 5.41) is 14.1. The van der Waals surface area contributed by atoms with Crippen LogP contribution in [0.2, 0.25) is 0 Å². The Morgan fingerprint density at radius 2 is 2.17 bits per heavy atom. The van der Waals surface area contributed by atoms with Crippen LogP contribution in [0.1, 0.15) is 37.8 Å². The third-order valence-electron chi connectivity index (χ3n) is 8.50. The summed E-state index contributed by atoms with van der Waals surface area (Å²) >= 11 is 17.3. The number of benzene rings is 1. The van der Waals surface area contributed by atoms with Crippen molar-refractivity contribution in [2.75, 3.05) is 19.7 Å². The average molecular weight is 474 g/mol. The molecule has 1 saturated carbocycles. The van der Waals surface area contributed by atoms with Crippen LogP contribution < -0.4 is 5.32 Å². The van der Waals surface area contributed by atoms with Gasteiger partial charge in [-0.25, -0.2) is 4.79 Å². The lowest BCUT2D eigenvalue weighted by Gasteiger charge is -2.60. The Kier molecular flexibility index (Phi) is 4.76. The van der Waals surface area contributed by atoms with E-state index in [0.29, 0.717) is 30.2 Å². The number of nitrogens with one attached hydrogen (secondary N) is 1. The van der Waals surface area contributed by atoms with E-state index in [-0.39, 0.29) is 23.5 Å². The van der Waals surface area contributed by atoms with Crippen LogP contribution in [-0.4, -0.2) is 51.7 Å². The SMILES string of the molecule is CC1C2[C@H](CN1C(=O)OCC(Cl)(Cl)Cl)CC1(C)C3Cc4ccc(O)cc4C21CCN3. The van der Waals surface area contributed by atoms with Gasteiger partial charge in [-0.3, -0.25) is 0 Å². The average Bonchev–Trinajstić information content (AvgIpc) is 3.12. The number of carbonyl (C=O) groups excluding carboxylic acids is 1. The zero-order valence-electron chi connectivity index (χ0n) is 17.1. The van der Waals surface area contributed by atoms with Crippen molar-refractivity contribution in [2.24, 2.45) is 17.3 Å². The van der Waals surface area contributed by atoms with Crippen molar-refractivity contribution in [2.45, 2.75) is 54.4 Å². The first kappa shape index (κ1) is 21.0. The third-order valence-corrected chi connectivity index (χ3v) is 8.82. The second-order valence-corrected chi connectivity index (χ2v) is 12.3. The van der Waals surface area contributed by atoms with Gasteiger partial charge in [-0.2, -0.15) is 0 Å². The topological polar surface area (TPSA) is 61.8 Å². The van der Waals surface area contributed by atoms with E-state index in [1.54, 1.807) is 6.07 Å². The molecule has 4 aliphatic rings. The molecule has 0 radical (unpaired) electrons. The van der Waals surface area contributed by atoms with Gasteiger partial charge in [-0.15, -0.1) is 0 Å². The highest BCUT2D eigenvalue weighted by Crippen LogP contribution is 2.69. The first-order valence-corrected chi connectivity index (χ1v) is 11.8. The number of phenolic OH excluding ortho intramolecular Hbond substituents is 1. The summed E-state index contributed by atoms with van der Waals surface area (Å²) in [5.41, 5.74) is 2.60. The standard InChI is InChI=1S/C22H27Cl3N2O3/c1-12-18-14(10-27(12)19(29)30-11-22(23,24)25)9-20(2)17-7-13-3-4-15(28)8-16(13)21(18,20)5-6-26-17/h3-4,8,12,14,17-18,26,28H,5-7,9-11H2,1-2H3/t12?,14-,17?,18?,20?,21?/m0/s1. The van der Waals surface area contributed by atoms with Crippen LogP contribution in [0.4, 0.5) is 4.79 Å². The summed E-state index contributed by atoms with van der Waals surface area (Å²) in [4.78, 5) is 14.6. The molecule has 2 aliphatic heterocycles. The number of fused-ring (bicyclic) bond motifs is 2. The molecule has 5 unspecified atom stereocenters. The van der Waals surface area contributed by atoms with Crippen LogP contribution in [0.3, 0.4) is 0 Å². The number of likely N-dealkylation sites (tertiary alicyclic amines) is 1. The van der Waals surface area contributed by atoms with Gasteiger partial charge in [0, 0.05) is 24.0 Å². The zero-order chi connectivity index (χ0) is 21.5. The molecule has 2 heterocycles. The van der Waals surface area contributed by atoms with Crippen molar-refractivity contribution in [3.05, 3.63) is 29.3 Å². The maximum Gasteiger partial charge on any atom is 0.410 e. The number of nitrogens with zero attached hydrogens (tertiary/aromatic N) is 1. The van der Waals surface area contributed by atoms with Gasteiger partial charge in [0.05, 0.1) is 0 Å². The number of halogens is 3. The zero-order valence-corrected chi connectivity index (χ0v) is 19.4. The third kappa shape index (κ3) is 2.81. The van der Waals surface area contributed by atoms with Crippen LogP contribution in [0.25, 0.3) is 0 Å². The van der Waals surface area contributed by atoms with Crippen LogP contribution in [0, 0.1) is 17.3 Å². The molecule has 30 heavy (non-hydrogen) atoms. The number of aromatic hydroxyl groups is 1. The number of ether oxygens (including phenoxy) is 1. The lowest BCUT2D eigenvalue weighted by atomic mass is 9.48. The number of piperidine rings is 1. The Bertz CT molecular complexity index is 891. The molecule has 1 aromatic carbocycles. The number of carbonyl (C=O) groups is 1. The minimum atomic E-state index is -1.62. The number of amides is 1. The second kappa shape index (κ2) is 6.81. The molecule has 164 valence electrons. The fraction of sp³-hybridized carbons (Fsp3) is 0.682. The van der Waals surface area contributed by atoms with E-state index >= 15 is 0 Å². The minimum Gasteiger partial charge on any atom is -0.508 e.